The third-order valence-corrected chi connectivity index (χ3v) is 4.81. The number of nitro benzene ring substituents is 1. The van der Waals surface area contributed by atoms with Crippen LogP contribution in [0.2, 0.25) is 5.02 Å². The van der Waals surface area contributed by atoms with E-state index in [1.54, 1.807) is 6.92 Å². The standard InChI is InChI=1S/C15H13ClN2O6S/c1-2-24-15(19)11-8-7-10(9-12(11)16)17-25(22,23)14-6-4-3-5-13(14)18(20)21/h3-9,17H,2H2,1H3. The lowest BCUT2D eigenvalue weighted by atomic mass is 10.2. The number of ether oxygens (including phenoxy) is 1. The third-order valence-electron chi connectivity index (χ3n) is 3.07. The third kappa shape index (κ3) is 4.25. The van der Waals surface area contributed by atoms with Gasteiger partial charge in [-0.3, -0.25) is 14.8 Å². The largest absolute Gasteiger partial charge is 0.462 e. The number of carbonyl (C=O) groups excluding carboxylic acids is 1. The Morgan fingerprint density at radius 1 is 1.28 bits per heavy atom. The Labute approximate surface area is 148 Å². The van der Waals surface area contributed by atoms with E-state index in [1.165, 1.54) is 30.3 Å². The summed E-state index contributed by atoms with van der Waals surface area (Å²) in [5.74, 6) is -0.638. The van der Waals surface area contributed by atoms with E-state index in [0.717, 1.165) is 12.1 Å². The van der Waals surface area contributed by atoms with Gasteiger partial charge in [0.25, 0.3) is 15.7 Å². The minimum Gasteiger partial charge on any atom is -0.462 e. The molecule has 0 aliphatic rings. The van der Waals surface area contributed by atoms with E-state index in [4.69, 9.17) is 16.3 Å². The fraction of sp³-hybridized carbons (Fsp3) is 0.133. The van der Waals surface area contributed by atoms with E-state index >= 15 is 0 Å². The van der Waals surface area contributed by atoms with Crippen molar-refractivity contribution in [2.24, 2.45) is 0 Å². The van der Waals surface area contributed by atoms with Crippen molar-refractivity contribution in [1.82, 2.24) is 0 Å². The quantitative estimate of drug-likeness (QED) is 0.464. The molecular formula is C15H13ClN2O6S. The maximum Gasteiger partial charge on any atom is 0.339 e. The van der Waals surface area contributed by atoms with Gasteiger partial charge in [0.2, 0.25) is 0 Å². The van der Waals surface area contributed by atoms with Gasteiger partial charge < -0.3 is 4.74 Å². The zero-order valence-corrected chi connectivity index (χ0v) is 14.5. The fourth-order valence-electron chi connectivity index (χ4n) is 2.00. The van der Waals surface area contributed by atoms with Gasteiger partial charge in [-0.25, -0.2) is 13.2 Å². The summed E-state index contributed by atoms with van der Waals surface area (Å²) in [4.78, 5) is 21.4. The van der Waals surface area contributed by atoms with Gasteiger partial charge in [-0.05, 0) is 31.2 Å². The van der Waals surface area contributed by atoms with Crippen molar-refractivity contribution in [3.8, 4) is 0 Å². The number of anilines is 1. The minimum atomic E-state index is -4.22. The summed E-state index contributed by atoms with van der Waals surface area (Å²) >= 11 is 5.97. The highest BCUT2D eigenvalue weighted by atomic mass is 35.5. The number of esters is 1. The van der Waals surface area contributed by atoms with Crippen LogP contribution in [0, 0.1) is 10.1 Å². The lowest BCUT2D eigenvalue weighted by Crippen LogP contribution is -2.15. The Morgan fingerprint density at radius 2 is 1.96 bits per heavy atom. The first-order valence-electron chi connectivity index (χ1n) is 6.99. The Balaban J connectivity index is 2.35. The second-order valence-corrected chi connectivity index (χ2v) is 6.80. The molecule has 0 spiro atoms. The van der Waals surface area contributed by atoms with Crippen molar-refractivity contribution in [3.63, 3.8) is 0 Å². The average Bonchev–Trinajstić information content (AvgIpc) is 2.54. The van der Waals surface area contributed by atoms with Crippen molar-refractivity contribution in [3.05, 3.63) is 63.2 Å². The van der Waals surface area contributed by atoms with Crippen LogP contribution in [0.5, 0.6) is 0 Å². The number of nitro groups is 1. The zero-order chi connectivity index (χ0) is 18.6. The van der Waals surface area contributed by atoms with Crippen LogP contribution in [0.25, 0.3) is 0 Å². The van der Waals surface area contributed by atoms with Gasteiger partial charge in [0, 0.05) is 6.07 Å². The molecule has 0 bridgehead atoms. The van der Waals surface area contributed by atoms with Crippen LogP contribution < -0.4 is 4.72 Å². The summed E-state index contributed by atoms with van der Waals surface area (Å²) in [6, 6.07) is 8.78. The van der Waals surface area contributed by atoms with E-state index in [2.05, 4.69) is 4.72 Å². The van der Waals surface area contributed by atoms with Crippen LogP contribution in [-0.4, -0.2) is 25.9 Å². The molecule has 0 amide bonds. The number of carbonyl (C=O) groups is 1. The number of hydrogen-bond donors (Lipinski definition) is 1. The van der Waals surface area contributed by atoms with Gasteiger partial charge in [-0.15, -0.1) is 0 Å². The van der Waals surface area contributed by atoms with Crippen LogP contribution in [0.4, 0.5) is 11.4 Å². The molecule has 2 aromatic carbocycles. The fourth-order valence-corrected chi connectivity index (χ4v) is 3.48. The van der Waals surface area contributed by atoms with Gasteiger partial charge in [0.05, 0.1) is 27.8 Å². The van der Waals surface area contributed by atoms with E-state index in [1.807, 2.05) is 0 Å². The summed E-state index contributed by atoms with van der Waals surface area (Å²) < 4.78 is 31.8. The molecule has 0 atom stereocenters. The molecule has 0 aliphatic carbocycles. The molecule has 0 fully saturated rings. The van der Waals surface area contributed by atoms with Crippen molar-refractivity contribution in [1.29, 1.82) is 0 Å². The first-order valence-corrected chi connectivity index (χ1v) is 8.85. The normalized spacial score (nSPS) is 11.0. The van der Waals surface area contributed by atoms with Crippen LogP contribution in [0.1, 0.15) is 17.3 Å². The summed E-state index contributed by atoms with van der Waals surface area (Å²) in [5.41, 5.74) is -0.419. The topological polar surface area (TPSA) is 116 Å². The van der Waals surface area contributed by atoms with Crippen LogP contribution in [0.15, 0.2) is 47.4 Å². The van der Waals surface area contributed by atoms with Gasteiger partial charge in [-0.1, -0.05) is 23.7 Å². The predicted molar refractivity (Wildman–Crippen MR) is 91.3 cm³/mol. The number of halogens is 1. The van der Waals surface area contributed by atoms with E-state index in [0.29, 0.717) is 0 Å². The molecule has 2 aromatic rings. The molecular weight excluding hydrogens is 372 g/mol. The summed E-state index contributed by atoms with van der Waals surface area (Å²) in [6.07, 6.45) is 0. The number of hydrogen-bond acceptors (Lipinski definition) is 6. The molecule has 0 unspecified atom stereocenters. The average molecular weight is 385 g/mol. The first-order chi connectivity index (χ1) is 11.8. The maximum absolute atomic E-state index is 12.4. The second kappa shape index (κ2) is 7.49. The Hall–Kier alpha value is -2.65. The van der Waals surface area contributed by atoms with Crippen molar-refractivity contribution < 1.29 is 22.9 Å². The second-order valence-electron chi connectivity index (χ2n) is 4.75. The van der Waals surface area contributed by atoms with Crippen LogP contribution in [-0.2, 0) is 14.8 Å². The van der Waals surface area contributed by atoms with Gasteiger partial charge in [0.1, 0.15) is 0 Å². The highest BCUT2D eigenvalue weighted by Crippen LogP contribution is 2.27. The SMILES string of the molecule is CCOC(=O)c1ccc(NS(=O)(=O)c2ccccc2[N+](=O)[O-])cc1Cl. The summed E-state index contributed by atoms with van der Waals surface area (Å²) in [6.45, 7) is 1.81. The maximum atomic E-state index is 12.4. The molecule has 0 heterocycles. The Morgan fingerprint density at radius 3 is 2.56 bits per heavy atom. The molecule has 0 aromatic heterocycles. The Bertz CT molecular complexity index is 929. The lowest BCUT2D eigenvalue weighted by Gasteiger charge is -2.10. The number of nitrogens with zero attached hydrogens (tertiary/aromatic N) is 1. The molecule has 132 valence electrons. The van der Waals surface area contributed by atoms with Gasteiger partial charge in [0.15, 0.2) is 4.90 Å². The molecule has 0 aliphatic heterocycles. The molecule has 10 heteroatoms. The number of para-hydroxylation sites is 1. The number of benzene rings is 2. The van der Waals surface area contributed by atoms with Crippen LogP contribution in [0.3, 0.4) is 0 Å². The van der Waals surface area contributed by atoms with Gasteiger partial charge >= 0.3 is 5.97 Å². The summed E-state index contributed by atoms with van der Waals surface area (Å²) in [7, 11) is -4.22. The smallest absolute Gasteiger partial charge is 0.339 e. The van der Waals surface area contributed by atoms with Crippen molar-refractivity contribution in [2.75, 3.05) is 11.3 Å². The monoisotopic (exact) mass is 384 g/mol. The highest BCUT2D eigenvalue weighted by Gasteiger charge is 2.25. The molecule has 0 saturated heterocycles. The number of sulfonamides is 1. The highest BCUT2D eigenvalue weighted by molar-refractivity contribution is 7.92. The molecule has 1 N–H and O–H groups in total. The number of nitrogens with one attached hydrogen (secondary N) is 1. The zero-order valence-electron chi connectivity index (χ0n) is 12.9. The lowest BCUT2D eigenvalue weighted by molar-refractivity contribution is -0.387. The molecule has 0 saturated carbocycles. The molecule has 8 nitrogen and oxygen atoms in total. The van der Waals surface area contributed by atoms with Crippen LogP contribution >= 0.6 is 11.6 Å². The molecule has 25 heavy (non-hydrogen) atoms. The molecule has 2 rings (SSSR count). The van der Waals surface area contributed by atoms with Crippen molar-refractivity contribution in [2.45, 2.75) is 11.8 Å². The summed E-state index contributed by atoms with van der Waals surface area (Å²) in [5, 5.41) is 11.0. The number of rotatable bonds is 6. The minimum absolute atomic E-state index is 0.0128. The predicted octanol–water partition coefficient (Wildman–Crippen LogP) is 3.23. The van der Waals surface area contributed by atoms with E-state index in [9.17, 15) is 23.3 Å². The Kier molecular flexibility index (Phi) is 5.60. The van der Waals surface area contributed by atoms with Gasteiger partial charge in [-0.2, -0.15) is 0 Å². The van der Waals surface area contributed by atoms with Crippen molar-refractivity contribution >= 4 is 39.0 Å². The van der Waals surface area contributed by atoms with E-state index < -0.39 is 31.5 Å². The van der Waals surface area contributed by atoms with E-state index in [-0.39, 0.29) is 22.9 Å². The first kappa shape index (κ1) is 18.7. The molecule has 0 radical (unpaired) electrons.